The van der Waals surface area contributed by atoms with Gasteiger partial charge in [-0.3, -0.25) is 4.79 Å². The molecule has 0 saturated carbocycles. The van der Waals surface area contributed by atoms with Crippen molar-refractivity contribution in [3.8, 4) is 0 Å². The molecule has 2 heterocycles. The zero-order chi connectivity index (χ0) is 12.5. The third kappa shape index (κ3) is 2.03. The molecule has 1 fully saturated rings. The minimum atomic E-state index is 0.163. The molecule has 18 heavy (non-hydrogen) atoms. The number of carbonyl (C=O) groups excluding carboxylic acids is 1. The van der Waals surface area contributed by atoms with E-state index in [1.54, 1.807) is 0 Å². The standard InChI is InChI=1S/C15H20N2O/c1-11(14-8-16-9-14)15(18)17-7-6-12-4-2-3-5-13(12)10-17/h2-5,11,14,16H,6-10H2,1H3. The highest BCUT2D eigenvalue weighted by atomic mass is 16.2. The number of fused-ring (bicyclic) bond motifs is 1. The first kappa shape index (κ1) is 11.7. The molecule has 3 heteroatoms. The number of nitrogens with zero attached hydrogens (tertiary/aromatic N) is 1. The summed E-state index contributed by atoms with van der Waals surface area (Å²) in [6.45, 7) is 5.74. The van der Waals surface area contributed by atoms with Crippen molar-refractivity contribution in [2.75, 3.05) is 19.6 Å². The van der Waals surface area contributed by atoms with Crippen molar-refractivity contribution >= 4 is 5.91 Å². The molecule has 1 amide bonds. The average Bonchev–Trinajstić information content (AvgIpc) is 2.35. The lowest BCUT2D eigenvalue weighted by Crippen LogP contribution is -2.51. The molecule has 1 unspecified atom stereocenters. The van der Waals surface area contributed by atoms with Crippen LogP contribution >= 0.6 is 0 Å². The van der Waals surface area contributed by atoms with Gasteiger partial charge in [0.1, 0.15) is 0 Å². The number of nitrogens with one attached hydrogen (secondary N) is 1. The molecular formula is C15H20N2O. The van der Waals surface area contributed by atoms with Crippen LogP contribution in [0.4, 0.5) is 0 Å². The Morgan fingerprint density at radius 3 is 2.72 bits per heavy atom. The molecule has 1 saturated heterocycles. The van der Waals surface area contributed by atoms with Crippen LogP contribution in [-0.2, 0) is 17.8 Å². The van der Waals surface area contributed by atoms with Crippen LogP contribution in [0.2, 0.25) is 0 Å². The average molecular weight is 244 g/mol. The molecule has 96 valence electrons. The minimum Gasteiger partial charge on any atom is -0.338 e. The second-order valence-electron chi connectivity index (χ2n) is 5.49. The summed E-state index contributed by atoms with van der Waals surface area (Å²) in [5, 5.41) is 3.24. The summed E-state index contributed by atoms with van der Waals surface area (Å²) in [6.07, 6.45) is 0.998. The molecule has 2 aliphatic heterocycles. The number of hydrogen-bond acceptors (Lipinski definition) is 2. The fourth-order valence-electron chi connectivity index (χ4n) is 2.84. The number of amides is 1. The maximum Gasteiger partial charge on any atom is 0.226 e. The van der Waals surface area contributed by atoms with E-state index in [0.29, 0.717) is 11.8 Å². The van der Waals surface area contributed by atoms with E-state index in [-0.39, 0.29) is 5.92 Å². The predicted molar refractivity (Wildman–Crippen MR) is 71.1 cm³/mol. The van der Waals surface area contributed by atoms with Gasteiger partial charge in [-0.15, -0.1) is 0 Å². The first-order valence-electron chi connectivity index (χ1n) is 6.82. The van der Waals surface area contributed by atoms with Crippen molar-refractivity contribution in [1.29, 1.82) is 0 Å². The maximum atomic E-state index is 12.4. The van der Waals surface area contributed by atoms with Gasteiger partial charge in [0.05, 0.1) is 0 Å². The molecule has 0 radical (unpaired) electrons. The third-order valence-corrected chi connectivity index (χ3v) is 4.35. The van der Waals surface area contributed by atoms with Crippen LogP contribution in [0.25, 0.3) is 0 Å². The van der Waals surface area contributed by atoms with Crippen molar-refractivity contribution in [1.82, 2.24) is 10.2 Å². The molecule has 0 bridgehead atoms. The van der Waals surface area contributed by atoms with E-state index in [0.717, 1.165) is 32.6 Å². The molecule has 2 aliphatic rings. The highest BCUT2D eigenvalue weighted by molar-refractivity contribution is 5.79. The van der Waals surface area contributed by atoms with Gasteiger partial charge in [0.15, 0.2) is 0 Å². The van der Waals surface area contributed by atoms with Crippen LogP contribution in [0.1, 0.15) is 18.1 Å². The van der Waals surface area contributed by atoms with E-state index >= 15 is 0 Å². The largest absolute Gasteiger partial charge is 0.338 e. The molecule has 0 aliphatic carbocycles. The Balaban J connectivity index is 1.69. The van der Waals surface area contributed by atoms with Crippen LogP contribution in [-0.4, -0.2) is 30.4 Å². The molecule has 1 aromatic rings. The summed E-state index contributed by atoms with van der Waals surface area (Å²) in [4.78, 5) is 14.5. The molecule has 3 rings (SSSR count). The topological polar surface area (TPSA) is 32.3 Å². The molecule has 1 atom stereocenters. The number of benzene rings is 1. The fraction of sp³-hybridized carbons (Fsp3) is 0.533. The molecule has 1 N–H and O–H groups in total. The fourth-order valence-corrected chi connectivity index (χ4v) is 2.84. The Kier molecular flexibility index (Phi) is 3.08. The van der Waals surface area contributed by atoms with E-state index in [1.165, 1.54) is 11.1 Å². The summed E-state index contributed by atoms with van der Waals surface area (Å²) in [5.74, 6) is 1.03. The van der Waals surface area contributed by atoms with E-state index in [2.05, 4.69) is 36.5 Å². The van der Waals surface area contributed by atoms with Gasteiger partial charge >= 0.3 is 0 Å². The van der Waals surface area contributed by atoms with Gasteiger partial charge in [-0.1, -0.05) is 31.2 Å². The summed E-state index contributed by atoms with van der Waals surface area (Å²) >= 11 is 0. The second-order valence-corrected chi connectivity index (χ2v) is 5.49. The van der Waals surface area contributed by atoms with Gasteiger partial charge < -0.3 is 10.2 Å². The van der Waals surface area contributed by atoms with Gasteiger partial charge in [0.2, 0.25) is 5.91 Å². The summed E-state index contributed by atoms with van der Waals surface area (Å²) in [5.41, 5.74) is 2.72. The van der Waals surface area contributed by atoms with E-state index < -0.39 is 0 Å². The smallest absolute Gasteiger partial charge is 0.226 e. The van der Waals surface area contributed by atoms with Crippen LogP contribution in [0, 0.1) is 11.8 Å². The van der Waals surface area contributed by atoms with E-state index in [4.69, 9.17) is 0 Å². The Morgan fingerprint density at radius 1 is 1.33 bits per heavy atom. The predicted octanol–water partition coefficient (Wildman–Crippen LogP) is 1.43. The lowest BCUT2D eigenvalue weighted by molar-refractivity contribution is -0.138. The van der Waals surface area contributed by atoms with Gasteiger partial charge in [0, 0.05) is 19.0 Å². The molecule has 0 aromatic heterocycles. The molecule has 3 nitrogen and oxygen atoms in total. The van der Waals surface area contributed by atoms with Crippen molar-refractivity contribution in [2.24, 2.45) is 11.8 Å². The minimum absolute atomic E-state index is 0.163. The lowest BCUT2D eigenvalue weighted by atomic mass is 9.87. The van der Waals surface area contributed by atoms with E-state index in [9.17, 15) is 4.79 Å². The Bertz CT molecular complexity index is 454. The maximum absolute atomic E-state index is 12.4. The SMILES string of the molecule is CC(C(=O)N1CCc2ccccc2C1)C1CNC1. The summed E-state index contributed by atoms with van der Waals surface area (Å²) < 4.78 is 0. The summed E-state index contributed by atoms with van der Waals surface area (Å²) in [6, 6.07) is 8.46. The highest BCUT2D eigenvalue weighted by Gasteiger charge is 2.32. The van der Waals surface area contributed by atoms with Gasteiger partial charge in [-0.05, 0) is 36.6 Å². The Morgan fingerprint density at radius 2 is 2.06 bits per heavy atom. The van der Waals surface area contributed by atoms with Crippen molar-refractivity contribution in [3.63, 3.8) is 0 Å². The van der Waals surface area contributed by atoms with Gasteiger partial charge in [0.25, 0.3) is 0 Å². The zero-order valence-corrected chi connectivity index (χ0v) is 10.9. The van der Waals surface area contributed by atoms with Crippen molar-refractivity contribution < 1.29 is 4.79 Å². The van der Waals surface area contributed by atoms with Crippen LogP contribution < -0.4 is 5.32 Å². The lowest BCUT2D eigenvalue weighted by Gasteiger charge is -2.36. The quantitative estimate of drug-likeness (QED) is 0.853. The monoisotopic (exact) mass is 244 g/mol. The van der Waals surface area contributed by atoms with Crippen molar-refractivity contribution in [2.45, 2.75) is 19.9 Å². The van der Waals surface area contributed by atoms with Gasteiger partial charge in [-0.25, -0.2) is 0 Å². The second kappa shape index (κ2) is 4.73. The van der Waals surface area contributed by atoms with Crippen LogP contribution in [0.5, 0.6) is 0 Å². The number of rotatable bonds is 2. The first-order valence-corrected chi connectivity index (χ1v) is 6.82. The molecule has 0 spiro atoms. The molecular weight excluding hydrogens is 224 g/mol. The van der Waals surface area contributed by atoms with Crippen LogP contribution in [0.15, 0.2) is 24.3 Å². The zero-order valence-electron chi connectivity index (χ0n) is 10.9. The number of carbonyl (C=O) groups is 1. The Hall–Kier alpha value is -1.35. The third-order valence-electron chi connectivity index (χ3n) is 4.35. The van der Waals surface area contributed by atoms with Crippen molar-refractivity contribution in [3.05, 3.63) is 35.4 Å². The molecule has 1 aromatic carbocycles. The van der Waals surface area contributed by atoms with Gasteiger partial charge in [-0.2, -0.15) is 0 Å². The normalized spacial score (nSPS) is 21.1. The van der Waals surface area contributed by atoms with E-state index in [1.807, 2.05) is 4.90 Å². The summed E-state index contributed by atoms with van der Waals surface area (Å²) in [7, 11) is 0. The number of hydrogen-bond donors (Lipinski definition) is 1. The van der Waals surface area contributed by atoms with Crippen LogP contribution in [0.3, 0.4) is 0 Å². The highest BCUT2D eigenvalue weighted by Crippen LogP contribution is 2.23. The Labute approximate surface area is 108 Å². The first-order chi connectivity index (χ1) is 8.75.